The van der Waals surface area contributed by atoms with E-state index in [1.165, 1.54) is 24.3 Å². The van der Waals surface area contributed by atoms with Crippen LogP contribution in [0, 0.1) is 11.6 Å². The molecule has 0 spiro atoms. The van der Waals surface area contributed by atoms with Crippen molar-refractivity contribution in [1.29, 1.82) is 0 Å². The fraction of sp³-hybridized carbons (Fsp3) is 0.0833. The molecule has 1 aromatic heterocycles. The number of halogens is 2. The predicted molar refractivity (Wildman–Crippen MR) is 110 cm³/mol. The molecule has 1 N–H and O–H groups in total. The maximum atomic E-state index is 15.0. The molecular formula is C24H15F2NO2. The van der Waals surface area contributed by atoms with Crippen LogP contribution in [0.15, 0.2) is 60.7 Å². The summed E-state index contributed by atoms with van der Waals surface area (Å²) in [6.07, 6.45) is 7.52. The van der Waals surface area contributed by atoms with Gasteiger partial charge in [0.25, 0.3) is 0 Å². The van der Waals surface area contributed by atoms with Crippen LogP contribution < -0.4 is 0 Å². The fourth-order valence-corrected chi connectivity index (χ4v) is 4.03. The van der Waals surface area contributed by atoms with Gasteiger partial charge in [0.05, 0.1) is 16.6 Å². The summed E-state index contributed by atoms with van der Waals surface area (Å²) in [5.74, 6) is -2.08. The van der Waals surface area contributed by atoms with Gasteiger partial charge in [-0.25, -0.2) is 18.6 Å². The van der Waals surface area contributed by atoms with Crippen molar-refractivity contribution in [2.75, 3.05) is 0 Å². The van der Waals surface area contributed by atoms with Crippen LogP contribution in [0.3, 0.4) is 0 Å². The number of carboxylic acid groups (broad SMARTS) is 1. The maximum absolute atomic E-state index is 15.0. The molecule has 1 heterocycles. The lowest BCUT2D eigenvalue weighted by Gasteiger charge is -2.14. The summed E-state index contributed by atoms with van der Waals surface area (Å²) in [5.41, 5.74) is 2.19. The molecule has 29 heavy (non-hydrogen) atoms. The maximum Gasteiger partial charge on any atom is 0.337 e. The molecule has 0 saturated carbocycles. The molecule has 3 aromatic carbocycles. The van der Waals surface area contributed by atoms with Crippen LogP contribution in [0.2, 0.25) is 0 Å². The Bertz CT molecular complexity index is 1400. The van der Waals surface area contributed by atoms with Gasteiger partial charge in [-0.3, -0.25) is 0 Å². The SMILES string of the molecule is O=C(O)c1c2cc(F)ccc2nc2c1ccc1cc(C3=CC=CCC3)c(F)cc12. The van der Waals surface area contributed by atoms with Crippen LogP contribution >= 0.6 is 0 Å². The van der Waals surface area contributed by atoms with Crippen LogP contribution in [0.4, 0.5) is 8.78 Å². The van der Waals surface area contributed by atoms with Gasteiger partial charge in [-0.05, 0) is 54.1 Å². The predicted octanol–water partition coefficient (Wildman–Crippen LogP) is 6.25. The largest absolute Gasteiger partial charge is 0.478 e. The Balaban J connectivity index is 1.87. The molecular weight excluding hydrogens is 372 g/mol. The smallest absolute Gasteiger partial charge is 0.337 e. The van der Waals surface area contributed by atoms with Gasteiger partial charge in [0.1, 0.15) is 11.6 Å². The van der Waals surface area contributed by atoms with E-state index in [0.29, 0.717) is 27.4 Å². The first-order chi connectivity index (χ1) is 14.0. The van der Waals surface area contributed by atoms with Gasteiger partial charge >= 0.3 is 5.97 Å². The molecule has 0 bridgehead atoms. The average molecular weight is 387 g/mol. The average Bonchev–Trinajstić information content (AvgIpc) is 2.72. The second-order valence-electron chi connectivity index (χ2n) is 7.13. The Morgan fingerprint density at radius 3 is 2.62 bits per heavy atom. The molecule has 0 radical (unpaired) electrons. The molecule has 142 valence electrons. The van der Waals surface area contributed by atoms with E-state index in [9.17, 15) is 18.7 Å². The highest BCUT2D eigenvalue weighted by Gasteiger charge is 2.19. The zero-order chi connectivity index (χ0) is 20.1. The van der Waals surface area contributed by atoms with Gasteiger partial charge in [0.2, 0.25) is 0 Å². The second kappa shape index (κ2) is 6.48. The third-order valence-corrected chi connectivity index (χ3v) is 5.38. The highest BCUT2D eigenvalue weighted by Crippen LogP contribution is 2.35. The van der Waals surface area contributed by atoms with Crippen molar-refractivity contribution < 1.29 is 18.7 Å². The molecule has 0 unspecified atom stereocenters. The summed E-state index contributed by atoms with van der Waals surface area (Å²) in [4.78, 5) is 16.5. The quantitative estimate of drug-likeness (QED) is 0.327. The fourth-order valence-electron chi connectivity index (χ4n) is 4.03. The van der Waals surface area contributed by atoms with Crippen molar-refractivity contribution in [2.45, 2.75) is 12.8 Å². The van der Waals surface area contributed by atoms with Crippen molar-refractivity contribution in [1.82, 2.24) is 4.98 Å². The zero-order valence-electron chi connectivity index (χ0n) is 15.2. The van der Waals surface area contributed by atoms with Crippen LogP contribution in [-0.4, -0.2) is 16.1 Å². The van der Waals surface area contributed by atoms with Crippen molar-refractivity contribution in [3.05, 3.63) is 83.5 Å². The highest BCUT2D eigenvalue weighted by molar-refractivity contribution is 6.19. The number of allylic oxidation sites excluding steroid dienone is 4. The molecule has 1 aliphatic carbocycles. The van der Waals surface area contributed by atoms with Crippen molar-refractivity contribution >= 4 is 44.1 Å². The summed E-state index contributed by atoms with van der Waals surface area (Å²) in [6, 6.07) is 10.5. The number of rotatable bonds is 2. The molecule has 4 aromatic rings. The minimum atomic E-state index is -1.18. The number of aromatic carboxylic acids is 1. The van der Waals surface area contributed by atoms with E-state index in [-0.39, 0.29) is 16.8 Å². The van der Waals surface area contributed by atoms with Crippen LogP contribution in [0.1, 0.15) is 28.8 Å². The monoisotopic (exact) mass is 387 g/mol. The van der Waals surface area contributed by atoms with E-state index in [2.05, 4.69) is 4.98 Å². The Hall–Kier alpha value is -3.60. The topological polar surface area (TPSA) is 50.2 Å². The summed E-state index contributed by atoms with van der Waals surface area (Å²) < 4.78 is 28.7. The number of hydrogen-bond acceptors (Lipinski definition) is 2. The Morgan fingerprint density at radius 2 is 1.86 bits per heavy atom. The van der Waals surface area contributed by atoms with Crippen LogP contribution in [0.5, 0.6) is 0 Å². The summed E-state index contributed by atoms with van der Waals surface area (Å²) in [7, 11) is 0. The molecule has 0 atom stereocenters. The van der Waals surface area contributed by atoms with Gasteiger partial charge in [0.15, 0.2) is 0 Å². The normalized spacial score (nSPS) is 13.9. The van der Waals surface area contributed by atoms with E-state index < -0.39 is 11.8 Å². The van der Waals surface area contributed by atoms with E-state index in [0.717, 1.165) is 23.8 Å². The number of aromatic nitrogens is 1. The van der Waals surface area contributed by atoms with Crippen LogP contribution in [-0.2, 0) is 0 Å². The van der Waals surface area contributed by atoms with Crippen molar-refractivity contribution in [3.8, 4) is 0 Å². The van der Waals surface area contributed by atoms with Gasteiger partial charge in [-0.2, -0.15) is 0 Å². The van der Waals surface area contributed by atoms with Gasteiger partial charge in [-0.1, -0.05) is 30.4 Å². The summed E-state index contributed by atoms with van der Waals surface area (Å²) in [6.45, 7) is 0. The number of carboxylic acids is 1. The molecule has 0 fully saturated rings. The van der Waals surface area contributed by atoms with E-state index in [1.807, 2.05) is 18.2 Å². The first kappa shape index (κ1) is 17.5. The molecule has 5 heteroatoms. The Kier molecular flexibility index (Phi) is 3.91. The number of hydrogen-bond donors (Lipinski definition) is 1. The molecule has 5 rings (SSSR count). The Morgan fingerprint density at radius 1 is 1.00 bits per heavy atom. The van der Waals surface area contributed by atoms with E-state index in [4.69, 9.17) is 0 Å². The summed E-state index contributed by atoms with van der Waals surface area (Å²) >= 11 is 0. The first-order valence-electron chi connectivity index (χ1n) is 9.27. The number of fused-ring (bicyclic) bond motifs is 4. The molecule has 0 aliphatic heterocycles. The Labute approximate surface area is 164 Å². The lowest BCUT2D eigenvalue weighted by Crippen LogP contribution is -2.02. The lowest BCUT2D eigenvalue weighted by atomic mass is 9.93. The number of pyridine rings is 1. The number of benzene rings is 3. The van der Waals surface area contributed by atoms with Gasteiger partial charge in [-0.15, -0.1) is 0 Å². The highest BCUT2D eigenvalue weighted by atomic mass is 19.1. The molecule has 1 aliphatic rings. The lowest BCUT2D eigenvalue weighted by molar-refractivity contribution is 0.0701. The van der Waals surface area contributed by atoms with Gasteiger partial charge in [0, 0.05) is 21.7 Å². The van der Waals surface area contributed by atoms with Gasteiger partial charge < -0.3 is 5.11 Å². The second-order valence-corrected chi connectivity index (χ2v) is 7.13. The van der Waals surface area contributed by atoms with Crippen molar-refractivity contribution in [3.63, 3.8) is 0 Å². The minimum absolute atomic E-state index is 0.0315. The molecule has 0 saturated heterocycles. The third kappa shape index (κ3) is 2.78. The molecule has 3 nitrogen and oxygen atoms in total. The van der Waals surface area contributed by atoms with E-state index >= 15 is 0 Å². The standard InChI is InChI=1S/C24H15F2NO2/c25-15-7-9-21-19(11-15)22(24(28)29)16-8-6-14-10-17(13-4-2-1-3-5-13)20(26)12-18(14)23(16)27-21/h1-2,4,6-12H,3,5H2,(H,28,29). The van der Waals surface area contributed by atoms with Crippen LogP contribution in [0.25, 0.3) is 38.2 Å². The zero-order valence-corrected chi connectivity index (χ0v) is 15.2. The van der Waals surface area contributed by atoms with Crippen molar-refractivity contribution in [2.24, 2.45) is 0 Å². The number of nitrogens with zero attached hydrogens (tertiary/aromatic N) is 1. The minimum Gasteiger partial charge on any atom is -0.478 e. The third-order valence-electron chi connectivity index (χ3n) is 5.38. The summed E-state index contributed by atoms with van der Waals surface area (Å²) in [5, 5.41) is 11.7. The first-order valence-corrected chi connectivity index (χ1v) is 9.27. The molecule has 0 amide bonds. The number of carbonyl (C=O) groups is 1. The van der Waals surface area contributed by atoms with E-state index in [1.54, 1.807) is 18.2 Å².